The van der Waals surface area contributed by atoms with E-state index in [-0.39, 0.29) is 17.8 Å². The minimum atomic E-state index is -0.322. The van der Waals surface area contributed by atoms with Crippen LogP contribution in [-0.4, -0.2) is 11.8 Å². The van der Waals surface area contributed by atoms with Gasteiger partial charge in [-0.2, -0.15) is 0 Å². The van der Waals surface area contributed by atoms with Gasteiger partial charge in [0.2, 0.25) is 0 Å². The summed E-state index contributed by atoms with van der Waals surface area (Å²) in [5.74, 6) is 0.625. The van der Waals surface area contributed by atoms with Crippen LogP contribution >= 0.6 is 0 Å². The molecule has 0 aromatic carbocycles. The molecule has 3 atom stereocenters. The van der Waals surface area contributed by atoms with Gasteiger partial charge < -0.3 is 4.74 Å². The molecular formula is C12H14O3. The number of Topliss-reactive ketones (excluding diaryl/α,β-unsaturated/α-hetero) is 1. The standard InChI is InChI=1S/C12H14O3/c1-7-10-4-3-9(6-15-8(2)13)11(10)5-12(7)14/h3-4,6-7,10-11H,5H2,1-2H3/b9-6+/t7-,10+,11+/m1/s1. The highest BCUT2D eigenvalue weighted by Crippen LogP contribution is 2.44. The van der Waals surface area contributed by atoms with Gasteiger partial charge in [0.05, 0.1) is 6.26 Å². The number of ketones is 1. The summed E-state index contributed by atoms with van der Waals surface area (Å²) in [5, 5.41) is 0. The van der Waals surface area contributed by atoms with Crippen LogP contribution in [0, 0.1) is 17.8 Å². The molecule has 0 aliphatic heterocycles. The Hall–Kier alpha value is -1.38. The third-order valence-corrected chi connectivity index (χ3v) is 3.27. The van der Waals surface area contributed by atoms with Crippen molar-refractivity contribution in [3.05, 3.63) is 24.0 Å². The lowest BCUT2D eigenvalue weighted by Gasteiger charge is -2.11. The maximum Gasteiger partial charge on any atom is 0.307 e. The number of rotatable bonds is 1. The average Bonchev–Trinajstić information content (AvgIpc) is 2.67. The van der Waals surface area contributed by atoms with E-state index in [1.807, 2.05) is 13.0 Å². The Labute approximate surface area is 88.8 Å². The van der Waals surface area contributed by atoms with Gasteiger partial charge in [-0.15, -0.1) is 0 Å². The highest BCUT2D eigenvalue weighted by Gasteiger charge is 2.42. The lowest BCUT2D eigenvalue weighted by atomic mass is 9.92. The van der Waals surface area contributed by atoms with Crippen LogP contribution in [-0.2, 0) is 14.3 Å². The predicted molar refractivity (Wildman–Crippen MR) is 54.8 cm³/mol. The number of fused-ring (bicyclic) bond motifs is 1. The van der Waals surface area contributed by atoms with Crippen molar-refractivity contribution in [2.24, 2.45) is 17.8 Å². The molecule has 0 unspecified atom stereocenters. The number of carbonyl (C=O) groups is 2. The third kappa shape index (κ3) is 1.74. The molecule has 15 heavy (non-hydrogen) atoms. The second-order valence-electron chi connectivity index (χ2n) is 4.23. The lowest BCUT2D eigenvalue weighted by molar-refractivity contribution is -0.135. The van der Waals surface area contributed by atoms with Crippen LogP contribution in [0.25, 0.3) is 0 Å². The molecule has 2 aliphatic carbocycles. The summed E-state index contributed by atoms with van der Waals surface area (Å²) in [6.45, 7) is 3.34. The number of carbonyl (C=O) groups excluding carboxylic acids is 2. The second-order valence-corrected chi connectivity index (χ2v) is 4.23. The number of ether oxygens (including phenoxy) is 1. The first kappa shape index (κ1) is 10.1. The Morgan fingerprint density at radius 2 is 2.33 bits per heavy atom. The number of allylic oxidation sites excluding steroid dienone is 3. The monoisotopic (exact) mass is 206 g/mol. The van der Waals surface area contributed by atoms with E-state index in [0.717, 1.165) is 5.57 Å². The second kappa shape index (κ2) is 3.65. The maximum atomic E-state index is 11.5. The van der Waals surface area contributed by atoms with E-state index < -0.39 is 0 Å². The molecule has 1 fully saturated rings. The highest BCUT2D eigenvalue weighted by molar-refractivity contribution is 5.85. The van der Waals surface area contributed by atoms with Crippen LogP contribution in [0.5, 0.6) is 0 Å². The first-order chi connectivity index (χ1) is 7.09. The van der Waals surface area contributed by atoms with Crippen molar-refractivity contribution < 1.29 is 14.3 Å². The summed E-state index contributed by atoms with van der Waals surface area (Å²) in [6.07, 6.45) is 6.07. The summed E-state index contributed by atoms with van der Waals surface area (Å²) < 4.78 is 4.84. The minimum absolute atomic E-state index is 0.106. The number of hydrogen-bond donors (Lipinski definition) is 0. The van der Waals surface area contributed by atoms with Gasteiger partial charge in [-0.1, -0.05) is 19.1 Å². The fraction of sp³-hybridized carbons (Fsp3) is 0.500. The fourth-order valence-corrected chi connectivity index (χ4v) is 2.37. The zero-order valence-electron chi connectivity index (χ0n) is 8.90. The van der Waals surface area contributed by atoms with E-state index in [4.69, 9.17) is 4.74 Å². The molecule has 2 rings (SSSR count). The Kier molecular flexibility index (Phi) is 2.47. The summed E-state index contributed by atoms with van der Waals surface area (Å²) >= 11 is 0. The van der Waals surface area contributed by atoms with E-state index in [9.17, 15) is 9.59 Å². The van der Waals surface area contributed by atoms with Crippen molar-refractivity contribution in [1.82, 2.24) is 0 Å². The summed E-state index contributed by atoms with van der Waals surface area (Å²) in [6, 6.07) is 0. The van der Waals surface area contributed by atoms with Crippen molar-refractivity contribution >= 4 is 11.8 Å². The zero-order valence-corrected chi connectivity index (χ0v) is 8.90. The minimum Gasteiger partial charge on any atom is -0.434 e. The van der Waals surface area contributed by atoms with Crippen LogP contribution in [0.3, 0.4) is 0 Å². The largest absolute Gasteiger partial charge is 0.434 e. The Balaban J connectivity index is 2.13. The fourth-order valence-electron chi connectivity index (χ4n) is 2.37. The topological polar surface area (TPSA) is 43.4 Å². The van der Waals surface area contributed by atoms with Gasteiger partial charge in [-0.25, -0.2) is 0 Å². The van der Waals surface area contributed by atoms with Crippen molar-refractivity contribution in [3.8, 4) is 0 Å². The molecular weight excluding hydrogens is 192 g/mol. The maximum absolute atomic E-state index is 11.5. The van der Waals surface area contributed by atoms with Crippen molar-refractivity contribution in [1.29, 1.82) is 0 Å². The molecule has 0 heterocycles. The van der Waals surface area contributed by atoms with Gasteiger partial charge in [0, 0.05) is 25.2 Å². The van der Waals surface area contributed by atoms with E-state index in [2.05, 4.69) is 6.08 Å². The highest BCUT2D eigenvalue weighted by atomic mass is 16.5. The summed E-state index contributed by atoms with van der Waals surface area (Å²) in [7, 11) is 0. The molecule has 0 N–H and O–H groups in total. The number of esters is 1. The van der Waals surface area contributed by atoms with Crippen LogP contribution in [0.4, 0.5) is 0 Å². The van der Waals surface area contributed by atoms with Crippen molar-refractivity contribution in [2.45, 2.75) is 20.3 Å². The van der Waals surface area contributed by atoms with Gasteiger partial charge in [0.1, 0.15) is 5.78 Å². The molecule has 0 amide bonds. The predicted octanol–water partition coefficient (Wildman–Crippen LogP) is 1.84. The Morgan fingerprint density at radius 1 is 1.60 bits per heavy atom. The van der Waals surface area contributed by atoms with E-state index in [1.165, 1.54) is 13.2 Å². The molecule has 2 aliphatic rings. The quantitative estimate of drug-likeness (QED) is 0.485. The third-order valence-electron chi connectivity index (χ3n) is 3.27. The molecule has 0 bridgehead atoms. The van der Waals surface area contributed by atoms with Crippen LogP contribution in [0.15, 0.2) is 24.0 Å². The Bertz CT molecular complexity index is 365. The van der Waals surface area contributed by atoms with E-state index in [0.29, 0.717) is 18.1 Å². The average molecular weight is 206 g/mol. The molecule has 3 heteroatoms. The van der Waals surface area contributed by atoms with Gasteiger partial charge >= 0.3 is 5.97 Å². The van der Waals surface area contributed by atoms with Gasteiger partial charge in [-0.05, 0) is 11.5 Å². The molecule has 0 aromatic heterocycles. The smallest absolute Gasteiger partial charge is 0.307 e. The van der Waals surface area contributed by atoms with Crippen LogP contribution in [0.1, 0.15) is 20.3 Å². The summed E-state index contributed by atoms with van der Waals surface area (Å²) in [4.78, 5) is 22.2. The van der Waals surface area contributed by atoms with Gasteiger partial charge in [0.15, 0.2) is 0 Å². The first-order valence-electron chi connectivity index (χ1n) is 5.18. The van der Waals surface area contributed by atoms with Gasteiger partial charge in [-0.3, -0.25) is 9.59 Å². The molecule has 0 saturated heterocycles. The van der Waals surface area contributed by atoms with Crippen molar-refractivity contribution in [2.75, 3.05) is 0 Å². The van der Waals surface area contributed by atoms with Crippen LogP contribution < -0.4 is 0 Å². The Morgan fingerprint density at radius 3 is 3.00 bits per heavy atom. The molecule has 0 radical (unpaired) electrons. The zero-order chi connectivity index (χ0) is 11.0. The first-order valence-corrected chi connectivity index (χ1v) is 5.18. The summed E-state index contributed by atoms with van der Waals surface area (Å²) in [5.41, 5.74) is 0.966. The lowest BCUT2D eigenvalue weighted by Crippen LogP contribution is -2.09. The van der Waals surface area contributed by atoms with Crippen molar-refractivity contribution in [3.63, 3.8) is 0 Å². The molecule has 3 nitrogen and oxygen atoms in total. The van der Waals surface area contributed by atoms with E-state index in [1.54, 1.807) is 0 Å². The SMILES string of the molecule is CC(=O)O/C=C1\C=C[C@H]2[C@@H](C)C(=O)C[C@@H]12. The van der Waals surface area contributed by atoms with Crippen LogP contribution in [0.2, 0.25) is 0 Å². The number of hydrogen-bond acceptors (Lipinski definition) is 3. The normalized spacial score (nSPS) is 36.0. The van der Waals surface area contributed by atoms with E-state index >= 15 is 0 Å². The molecule has 0 spiro atoms. The molecule has 0 aromatic rings. The van der Waals surface area contributed by atoms with Gasteiger partial charge in [0.25, 0.3) is 0 Å². The molecule has 80 valence electrons. The molecule has 1 saturated carbocycles.